The lowest BCUT2D eigenvalue weighted by Crippen LogP contribution is -2.34. The first-order chi connectivity index (χ1) is 16.8. The predicted octanol–water partition coefficient (Wildman–Crippen LogP) is 4.03. The van der Waals surface area contributed by atoms with Crippen LogP contribution >= 0.6 is 27.3 Å². The number of rotatable bonds is 8. The summed E-state index contributed by atoms with van der Waals surface area (Å²) in [5.41, 5.74) is 2.35. The van der Waals surface area contributed by atoms with E-state index in [1.54, 1.807) is 24.0 Å². The van der Waals surface area contributed by atoms with Crippen molar-refractivity contribution in [2.24, 2.45) is 5.92 Å². The molecule has 1 aliphatic rings. The van der Waals surface area contributed by atoms with Crippen molar-refractivity contribution in [2.75, 3.05) is 18.9 Å². The molecule has 2 unspecified atom stereocenters. The lowest BCUT2D eigenvalue weighted by Gasteiger charge is -2.22. The van der Waals surface area contributed by atoms with Gasteiger partial charge in [-0.15, -0.1) is 11.3 Å². The van der Waals surface area contributed by atoms with E-state index in [0.29, 0.717) is 29.3 Å². The molecule has 1 aromatic carbocycles. The molecule has 3 aromatic heterocycles. The van der Waals surface area contributed by atoms with E-state index in [1.165, 1.54) is 4.31 Å². The summed E-state index contributed by atoms with van der Waals surface area (Å²) >= 11 is 4.58. The number of fused-ring (bicyclic) bond motifs is 1. The SMILES string of the molecule is CN(CC1CCCC1O)S(=O)(=O)c1cc2nc(NCc3ccn(-c4ccc(Br)cc4)n3)ncc2s1. The van der Waals surface area contributed by atoms with Crippen molar-refractivity contribution in [3.63, 3.8) is 0 Å². The Morgan fingerprint density at radius 3 is 2.80 bits per heavy atom. The van der Waals surface area contributed by atoms with Crippen LogP contribution in [0.15, 0.2) is 57.5 Å². The largest absolute Gasteiger partial charge is 0.393 e. The van der Waals surface area contributed by atoms with Crippen LogP contribution < -0.4 is 5.32 Å². The molecule has 0 spiro atoms. The first-order valence-corrected chi connectivity index (χ1v) is 14.3. The molecule has 5 rings (SSSR count). The second-order valence-corrected chi connectivity index (χ2v) is 12.9. The number of sulfonamides is 1. The highest BCUT2D eigenvalue weighted by Gasteiger charge is 2.31. The van der Waals surface area contributed by atoms with Crippen molar-refractivity contribution in [3.8, 4) is 5.69 Å². The summed E-state index contributed by atoms with van der Waals surface area (Å²) in [5, 5.41) is 17.8. The van der Waals surface area contributed by atoms with Gasteiger partial charge in [-0.1, -0.05) is 22.4 Å². The van der Waals surface area contributed by atoms with E-state index in [2.05, 4.69) is 36.3 Å². The Balaban J connectivity index is 1.27. The summed E-state index contributed by atoms with van der Waals surface area (Å²) in [6, 6.07) is 11.4. The number of halogens is 1. The van der Waals surface area contributed by atoms with E-state index < -0.39 is 16.1 Å². The Hall–Kier alpha value is -2.38. The fourth-order valence-corrected chi connectivity index (χ4v) is 7.20. The highest BCUT2D eigenvalue weighted by atomic mass is 79.9. The molecule has 0 radical (unpaired) electrons. The molecule has 35 heavy (non-hydrogen) atoms. The topological polar surface area (TPSA) is 113 Å². The Kier molecular flexibility index (Phi) is 6.91. The van der Waals surface area contributed by atoms with Crippen LogP contribution in [0.1, 0.15) is 25.0 Å². The summed E-state index contributed by atoms with van der Waals surface area (Å²) in [4.78, 5) is 8.84. The average Bonchev–Trinajstić information content (AvgIpc) is 3.58. The van der Waals surface area contributed by atoms with Crippen LogP contribution in [-0.4, -0.2) is 57.3 Å². The van der Waals surface area contributed by atoms with Crippen LogP contribution in [0, 0.1) is 5.92 Å². The van der Waals surface area contributed by atoms with Crippen LogP contribution in [-0.2, 0) is 16.6 Å². The van der Waals surface area contributed by atoms with Crippen molar-refractivity contribution < 1.29 is 13.5 Å². The maximum atomic E-state index is 13.1. The van der Waals surface area contributed by atoms with E-state index in [9.17, 15) is 13.5 Å². The molecule has 2 N–H and O–H groups in total. The van der Waals surface area contributed by atoms with E-state index in [4.69, 9.17) is 0 Å². The maximum absolute atomic E-state index is 13.1. The zero-order valence-corrected chi connectivity index (χ0v) is 22.2. The number of aliphatic hydroxyl groups is 1. The molecule has 9 nitrogen and oxygen atoms in total. The van der Waals surface area contributed by atoms with Crippen LogP contribution in [0.4, 0.5) is 5.95 Å². The third kappa shape index (κ3) is 5.26. The number of hydrogen-bond donors (Lipinski definition) is 2. The van der Waals surface area contributed by atoms with Gasteiger partial charge >= 0.3 is 0 Å². The summed E-state index contributed by atoms with van der Waals surface area (Å²) in [6.45, 7) is 0.736. The van der Waals surface area contributed by atoms with Crippen LogP contribution in [0.5, 0.6) is 0 Å². The molecule has 3 heterocycles. The van der Waals surface area contributed by atoms with Crippen molar-refractivity contribution in [1.82, 2.24) is 24.1 Å². The van der Waals surface area contributed by atoms with Gasteiger partial charge in [0.05, 0.1) is 40.4 Å². The van der Waals surface area contributed by atoms with Gasteiger partial charge in [-0.05, 0) is 55.2 Å². The molecular weight excluding hydrogens is 552 g/mol. The average molecular weight is 578 g/mol. The monoisotopic (exact) mass is 576 g/mol. The molecule has 1 aliphatic carbocycles. The number of thiophene rings is 1. The van der Waals surface area contributed by atoms with E-state index >= 15 is 0 Å². The van der Waals surface area contributed by atoms with Crippen LogP contribution in [0.3, 0.4) is 0 Å². The first kappa shape index (κ1) is 24.3. The maximum Gasteiger partial charge on any atom is 0.252 e. The van der Waals surface area contributed by atoms with Crippen molar-refractivity contribution in [3.05, 3.63) is 59.0 Å². The summed E-state index contributed by atoms with van der Waals surface area (Å²) < 4.78 is 31.3. The molecule has 1 fully saturated rings. The second kappa shape index (κ2) is 9.94. The number of aromatic nitrogens is 4. The Labute approximate surface area is 216 Å². The molecule has 1 saturated carbocycles. The minimum atomic E-state index is -3.67. The van der Waals surface area contributed by atoms with Crippen molar-refractivity contribution in [1.29, 1.82) is 0 Å². The van der Waals surface area contributed by atoms with Gasteiger partial charge in [-0.3, -0.25) is 0 Å². The quantitative estimate of drug-likeness (QED) is 0.325. The first-order valence-electron chi connectivity index (χ1n) is 11.2. The van der Waals surface area contributed by atoms with Crippen molar-refractivity contribution in [2.45, 2.75) is 36.1 Å². The number of benzene rings is 1. The van der Waals surface area contributed by atoms with Gasteiger partial charge in [0.15, 0.2) is 0 Å². The van der Waals surface area contributed by atoms with E-state index in [0.717, 1.165) is 46.5 Å². The van der Waals surface area contributed by atoms with Gasteiger partial charge in [0.1, 0.15) is 4.21 Å². The fraction of sp³-hybridized carbons (Fsp3) is 0.348. The van der Waals surface area contributed by atoms with Gasteiger partial charge in [0.2, 0.25) is 5.95 Å². The van der Waals surface area contributed by atoms with Crippen molar-refractivity contribution >= 4 is 53.5 Å². The van der Waals surface area contributed by atoms with Gasteiger partial charge in [0.25, 0.3) is 10.0 Å². The second-order valence-electron chi connectivity index (χ2n) is 8.63. The molecule has 12 heteroatoms. The van der Waals surface area contributed by atoms with Gasteiger partial charge < -0.3 is 10.4 Å². The van der Waals surface area contributed by atoms with Crippen LogP contribution in [0.25, 0.3) is 15.9 Å². The standard InChI is InChI=1S/C23H25BrN6O3S2/c1-29(14-15-3-2-4-20(15)31)35(32,33)22-11-19-21(34-22)13-26-23(27-19)25-12-17-9-10-30(28-17)18-7-5-16(24)6-8-18/h5-11,13,15,20,31H,2-4,12,14H2,1H3,(H,25,26,27). The predicted molar refractivity (Wildman–Crippen MR) is 139 cm³/mol. The smallest absolute Gasteiger partial charge is 0.252 e. The number of aliphatic hydroxyl groups excluding tert-OH is 1. The Morgan fingerprint density at radius 1 is 1.26 bits per heavy atom. The zero-order valence-electron chi connectivity index (χ0n) is 19.0. The van der Waals surface area contributed by atoms with E-state index in [1.807, 2.05) is 36.5 Å². The number of hydrogen-bond acceptors (Lipinski definition) is 8. The third-order valence-corrected chi connectivity index (χ3v) is 10.0. The van der Waals surface area contributed by atoms with E-state index in [-0.39, 0.29) is 10.1 Å². The highest BCUT2D eigenvalue weighted by molar-refractivity contribution is 9.10. The Morgan fingerprint density at radius 2 is 2.06 bits per heavy atom. The molecule has 184 valence electrons. The molecule has 4 aromatic rings. The molecule has 0 bridgehead atoms. The summed E-state index contributed by atoms with van der Waals surface area (Å²) in [7, 11) is -2.10. The van der Waals surface area contributed by atoms with Gasteiger partial charge in [-0.25, -0.2) is 23.1 Å². The lowest BCUT2D eigenvalue weighted by molar-refractivity contribution is 0.123. The lowest BCUT2D eigenvalue weighted by atomic mass is 10.1. The number of nitrogens with zero attached hydrogens (tertiary/aromatic N) is 5. The molecule has 0 saturated heterocycles. The van der Waals surface area contributed by atoms with Gasteiger partial charge in [-0.2, -0.15) is 9.40 Å². The molecule has 0 aliphatic heterocycles. The zero-order chi connectivity index (χ0) is 24.6. The molecular formula is C23H25BrN6O3S2. The fourth-order valence-electron chi connectivity index (χ4n) is 4.20. The Bertz CT molecular complexity index is 1440. The third-order valence-electron chi connectivity index (χ3n) is 6.19. The highest BCUT2D eigenvalue weighted by Crippen LogP contribution is 2.32. The normalized spacial score (nSPS) is 18.5. The van der Waals surface area contributed by atoms with Gasteiger partial charge in [0, 0.05) is 24.3 Å². The summed E-state index contributed by atoms with van der Waals surface area (Å²) in [5.74, 6) is 0.381. The minimum absolute atomic E-state index is 0.0213. The summed E-state index contributed by atoms with van der Waals surface area (Å²) in [6.07, 6.45) is 5.60. The molecule has 0 amide bonds. The minimum Gasteiger partial charge on any atom is -0.393 e. The number of anilines is 1. The molecule has 2 atom stereocenters. The van der Waals surface area contributed by atoms with Crippen LogP contribution in [0.2, 0.25) is 0 Å². The number of nitrogens with one attached hydrogen (secondary N) is 1.